The Kier molecular flexibility index (Phi) is 4.65. The number of pyridine rings is 1. The van der Waals surface area contributed by atoms with Crippen molar-refractivity contribution in [2.75, 3.05) is 5.33 Å². The van der Waals surface area contributed by atoms with E-state index in [9.17, 15) is 4.79 Å². The van der Waals surface area contributed by atoms with Gasteiger partial charge in [-0.25, -0.2) is 0 Å². The van der Waals surface area contributed by atoms with Crippen LogP contribution in [0.15, 0.2) is 4.79 Å². The zero-order valence-electron chi connectivity index (χ0n) is 12.2. The van der Waals surface area contributed by atoms with E-state index in [0.29, 0.717) is 5.56 Å². The molecule has 0 saturated heterocycles. The van der Waals surface area contributed by atoms with E-state index in [1.54, 1.807) is 5.56 Å². The van der Waals surface area contributed by atoms with Crippen LogP contribution in [0.5, 0.6) is 0 Å². The molecular weight excluding hydrogens is 314 g/mol. The number of aromatic nitrogens is 1. The van der Waals surface area contributed by atoms with Crippen molar-refractivity contribution in [1.29, 1.82) is 0 Å². The first-order chi connectivity index (χ1) is 9.83. The summed E-state index contributed by atoms with van der Waals surface area (Å²) in [6.45, 7) is 0.917. The van der Waals surface area contributed by atoms with Crippen molar-refractivity contribution in [1.82, 2.24) is 4.57 Å². The van der Waals surface area contributed by atoms with Crippen molar-refractivity contribution >= 4 is 15.9 Å². The molecule has 0 atom stereocenters. The SMILES string of the molecule is O=c1c2c(c3c(n1CCCCBr)CCCC3)CCCC2. The second kappa shape index (κ2) is 6.46. The molecule has 0 unspecified atom stereocenters. The molecule has 1 aromatic heterocycles. The number of halogens is 1. The topological polar surface area (TPSA) is 22.0 Å². The summed E-state index contributed by atoms with van der Waals surface area (Å²) in [7, 11) is 0. The van der Waals surface area contributed by atoms with Crippen molar-refractivity contribution < 1.29 is 0 Å². The third kappa shape index (κ3) is 2.61. The second-order valence-electron chi connectivity index (χ2n) is 6.15. The highest BCUT2D eigenvalue weighted by Crippen LogP contribution is 2.29. The number of fused-ring (bicyclic) bond motifs is 3. The lowest BCUT2D eigenvalue weighted by atomic mass is 9.83. The number of hydrogen-bond acceptors (Lipinski definition) is 1. The molecule has 3 heteroatoms. The summed E-state index contributed by atoms with van der Waals surface area (Å²) in [6, 6.07) is 0. The summed E-state index contributed by atoms with van der Waals surface area (Å²) >= 11 is 3.49. The Bertz CT molecular complexity index is 547. The number of rotatable bonds is 4. The summed E-state index contributed by atoms with van der Waals surface area (Å²) in [6.07, 6.45) is 11.8. The van der Waals surface area contributed by atoms with Crippen molar-refractivity contribution in [2.45, 2.75) is 70.8 Å². The smallest absolute Gasteiger partial charge is 0.254 e. The van der Waals surface area contributed by atoms with E-state index < -0.39 is 0 Å². The van der Waals surface area contributed by atoms with E-state index in [1.165, 1.54) is 43.4 Å². The molecule has 110 valence electrons. The van der Waals surface area contributed by atoms with Crippen molar-refractivity contribution in [3.63, 3.8) is 0 Å². The molecule has 2 aliphatic rings. The van der Waals surface area contributed by atoms with E-state index in [0.717, 1.165) is 49.5 Å². The van der Waals surface area contributed by atoms with Gasteiger partial charge in [-0.1, -0.05) is 15.9 Å². The molecule has 3 rings (SSSR count). The van der Waals surface area contributed by atoms with Gasteiger partial charge in [0.1, 0.15) is 0 Å². The molecule has 2 aliphatic carbocycles. The van der Waals surface area contributed by atoms with Crippen LogP contribution in [0, 0.1) is 0 Å². The van der Waals surface area contributed by atoms with Gasteiger partial charge in [0.2, 0.25) is 0 Å². The maximum Gasteiger partial charge on any atom is 0.254 e. The molecule has 1 heterocycles. The normalized spacial score (nSPS) is 17.6. The minimum absolute atomic E-state index is 0.343. The quantitative estimate of drug-likeness (QED) is 0.605. The average Bonchev–Trinajstić information content (AvgIpc) is 2.51. The Morgan fingerprint density at radius 2 is 1.50 bits per heavy atom. The maximum atomic E-state index is 12.8. The zero-order valence-corrected chi connectivity index (χ0v) is 13.8. The lowest BCUT2D eigenvalue weighted by molar-refractivity contribution is 0.530. The third-order valence-corrected chi connectivity index (χ3v) is 5.43. The van der Waals surface area contributed by atoms with Crippen LogP contribution in [-0.2, 0) is 32.2 Å². The average molecular weight is 338 g/mol. The van der Waals surface area contributed by atoms with Crippen LogP contribution in [0.4, 0.5) is 0 Å². The van der Waals surface area contributed by atoms with Crippen molar-refractivity contribution in [3.8, 4) is 0 Å². The third-order valence-electron chi connectivity index (χ3n) is 4.87. The first kappa shape index (κ1) is 14.4. The highest BCUT2D eigenvalue weighted by molar-refractivity contribution is 9.09. The van der Waals surface area contributed by atoms with E-state index in [4.69, 9.17) is 0 Å². The van der Waals surface area contributed by atoms with Gasteiger partial charge >= 0.3 is 0 Å². The number of nitrogens with zero attached hydrogens (tertiary/aromatic N) is 1. The molecule has 0 spiro atoms. The fraction of sp³-hybridized carbons (Fsp3) is 0.706. The predicted molar refractivity (Wildman–Crippen MR) is 87.0 cm³/mol. The maximum absolute atomic E-state index is 12.8. The molecular formula is C17H24BrNO. The minimum Gasteiger partial charge on any atom is -0.312 e. The Morgan fingerprint density at radius 1 is 0.850 bits per heavy atom. The summed E-state index contributed by atoms with van der Waals surface area (Å²) < 4.78 is 2.14. The van der Waals surface area contributed by atoms with Crippen LogP contribution >= 0.6 is 15.9 Å². The molecule has 2 nitrogen and oxygen atoms in total. The Labute approximate surface area is 129 Å². The van der Waals surface area contributed by atoms with Crippen LogP contribution in [-0.4, -0.2) is 9.90 Å². The monoisotopic (exact) mass is 337 g/mol. The van der Waals surface area contributed by atoms with Gasteiger partial charge in [-0.3, -0.25) is 4.79 Å². The van der Waals surface area contributed by atoms with E-state index in [-0.39, 0.29) is 0 Å². The largest absolute Gasteiger partial charge is 0.312 e. The van der Waals surface area contributed by atoms with Gasteiger partial charge in [-0.2, -0.15) is 0 Å². The van der Waals surface area contributed by atoms with Crippen LogP contribution in [0.3, 0.4) is 0 Å². The lowest BCUT2D eigenvalue weighted by Crippen LogP contribution is -2.33. The first-order valence-corrected chi connectivity index (χ1v) is 9.27. The Morgan fingerprint density at radius 3 is 2.25 bits per heavy atom. The first-order valence-electron chi connectivity index (χ1n) is 8.15. The number of hydrogen-bond donors (Lipinski definition) is 0. The van der Waals surface area contributed by atoms with Crippen molar-refractivity contribution in [2.24, 2.45) is 0 Å². The zero-order chi connectivity index (χ0) is 13.9. The predicted octanol–water partition coefficient (Wildman–Crippen LogP) is 3.78. The highest BCUT2D eigenvalue weighted by atomic mass is 79.9. The highest BCUT2D eigenvalue weighted by Gasteiger charge is 2.24. The number of alkyl halides is 1. The van der Waals surface area contributed by atoms with Gasteiger partial charge in [0.15, 0.2) is 0 Å². The summed E-state index contributed by atoms with van der Waals surface area (Å²) in [5, 5.41) is 1.04. The molecule has 0 N–H and O–H groups in total. The van der Waals surface area contributed by atoms with Crippen LogP contribution < -0.4 is 5.56 Å². The van der Waals surface area contributed by atoms with E-state index in [1.807, 2.05) is 0 Å². The van der Waals surface area contributed by atoms with Crippen molar-refractivity contribution in [3.05, 3.63) is 32.7 Å². The van der Waals surface area contributed by atoms with Crippen LogP contribution in [0.1, 0.15) is 60.9 Å². The Hall–Kier alpha value is -0.570. The van der Waals surface area contributed by atoms with Gasteiger partial charge < -0.3 is 4.57 Å². The van der Waals surface area contributed by atoms with Gasteiger partial charge in [-0.05, 0) is 75.3 Å². The van der Waals surface area contributed by atoms with Gasteiger partial charge in [0.25, 0.3) is 5.56 Å². The minimum atomic E-state index is 0.343. The van der Waals surface area contributed by atoms with E-state index >= 15 is 0 Å². The molecule has 0 bridgehead atoms. The van der Waals surface area contributed by atoms with Crippen LogP contribution in [0.2, 0.25) is 0 Å². The Balaban J connectivity index is 2.05. The summed E-state index contributed by atoms with van der Waals surface area (Å²) in [5.41, 5.74) is 5.90. The van der Waals surface area contributed by atoms with Gasteiger partial charge in [0, 0.05) is 23.1 Å². The van der Waals surface area contributed by atoms with E-state index in [2.05, 4.69) is 20.5 Å². The molecule has 0 aliphatic heterocycles. The molecule has 0 radical (unpaired) electrons. The lowest BCUT2D eigenvalue weighted by Gasteiger charge is -2.28. The number of unbranched alkanes of at least 4 members (excludes halogenated alkanes) is 1. The fourth-order valence-electron chi connectivity index (χ4n) is 3.87. The van der Waals surface area contributed by atoms with Crippen LogP contribution in [0.25, 0.3) is 0 Å². The second-order valence-corrected chi connectivity index (χ2v) is 6.94. The standard InChI is InChI=1S/C17H24BrNO/c18-11-5-6-12-19-16-10-4-3-8-14(16)13-7-1-2-9-15(13)17(19)20/h1-12H2. The van der Waals surface area contributed by atoms with Gasteiger partial charge in [-0.15, -0.1) is 0 Å². The molecule has 0 fully saturated rings. The molecule has 0 saturated carbocycles. The summed E-state index contributed by atoms with van der Waals surface area (Å²) in [4.78, 5) is 12.8. The summed E-state index contributed by atoms with van der Waals surface area (Å²) in [5.74, 6) is 0. The molecule has 20 heavy (non-hydrogen) atoms. The molecule has 1 aromatic rings. The molecule has 0 amide bonds. The molecule has 0 aromatic carbocycles. The fourth-order valence-corrected chi connectivity index (χ4v) is 4.27. The van der Waals surface area contributed by atoms with Gasteiger partial charge in [0.05, 0.1) is 0 Å².